The summed E-state index contributed by atoms with van der Waals surface area (Å²) in [6.07, 6.45) is 7.24. The normalized spacial score (nSPS) is 10.2. The Morgan fingerprint density at radius 3 is 1.67 bits per heavy atom. The van der Waals surface area contributed by atoms with Crippen LogP contribution >= 0.6 is 11.6 Å². The van der Waals surface area contributed by atoms with E-state index in [0.717, 1.165) is 55.8 Å². The molecule has 0 N–H and O–H groups in total. The molecule has 0 aliphatic heterocycles. The third-order valence-electron chi connectivity index (χ3n) is 7.01. The Bertz CT molecular complexity index is 1980. The molecule has 6 rings (SSSR count). The first-order chi connectivity index (χ1) is 23.3. The topological polar surface area (TPSA) is 123 Å². The maximum atomic E-state index is 11.6. The molecule has 0 bridgehead atoms. The first kappa shape index (κ1) is 35.2. The minimum absolute atomic E-state index is 0.324. The standard InChI is InChI=1S/C18H16N2O3.C11H10ClNO.C8H9NO2/c1-22-16-10-14-7-12(3-4-17(14)20-11-16)8-15-9-13(5-6-19-15)18(21)23-2;1-14-10-5-9-4-8(6-12)2-3-11(9)13-7-10;1-6-5-7(3-4-9-6)8(10)11-2/h3-7,9-11H,8H2,1-2H3;2-5,7H,6H2,1H3;3-5H,1-2H3. The number of benzene rings is 2. The van der Waals surface area contributed by atoms with Gasteiger partial charge in [-0.05, 0) is 78.7 Å². The molecule has 48 heavy (non-hydrogen) atoms. The molecule has 6 aromatic rings. The summed E-state index contributed by atoms with van der Waals surface area (Å²) in [5, 5.41) is 2.06. The van der Waals surface area contributed by atoms with Crippen molar-refractivity contribution in [1.82, 2.24) is 19.9 Å². The van der Waals surface area contributed by atoms with Crippen molar-refractivity contribution in [3.8, 4) is 11.5 Å². The molecular weight excluding hydrogens is 632 g/mol. The number of hydrogen-bond acceptors (Lipinski definition) is 10. The van der Waals surface area contributed by atoms with Crippen molar-refractivity contribution in [2.75, 3.05) is 28.4 Å². The summed E-state index contributed by atoms with van der Waals surface area (Å²) in [6.45, 7) is 1.83. The summed E-state index contributed by atoms with van der Waals surface area (Å²) in [5.74, 6) is 1.33. The Kier molecular flexibility index (Phi) is 12.7. The van der Waals surface area contributed by atoms with Crippen LogP contribution in [-0.4, -0.2) is 60.3 Å². The van der Waals surface area contributed by atoms with E-state index >= 15 is 0 Å². The van der Waals surface area contributed by atoms with E-state index in [4.69, 9.17) is 25.8 Å². The number of hydrogen-bond donors (Lipinski definition) is 0. The van der Waals surface area contributed by atoms with Crippen molar-refractivity contribution in [3.05, 3.63) is 131 Å². The van der Waals surface area contributed by atoms with Crippen LogP contribution in [0.4, 0.5) is 0 Å². The van der Waals surface area contributed by atoms with Gasteiger partial charge in [0.05, 0.1) is 63.0 Å². The van der Waals surface area contributed by atoms with E-state index in [0.29, 0.717) is 23.4 Å². The number of esters is 2. The van der Waals surface area contributed by atoms with E-state index in [1.165, 1.54) is 14.2 Å². The Morgan fingerprint density at radius 2 is 1.15 bits per heavy atom. The molecule has 0 spiro atoms. The van der Waals surface area contributed by atoms with Crippen LogP contribution in [0.2, 0.25) is 0 Å². The van der Waals surface area contributed by atoms with Gasteiger partial charge in [-0.1, -0.05) is 12.1 Å². The van der Waals surface area contributed by atoms with Crippen molar-refractivity contribution in [3.63, 3.8) is 0 Å². The lowest BCUT2D eigenvalue weighted by Crippen LogP contribution is -2.03. The molecule has 4 heterocycles. The third kappa shape index (κ3) is 9.70. The number of ether oxygens (including phenoxy) is 4. The SMILES string of the molecule is COC(=O)c1ccnc(C)c1.COC(=O)c1ccnc(Cc2ccc3ncc(OC)cc3c2)c1.COc1cnc2ccc(CCl)cc2c1. The molecule has 0 unspecified atom stereocenters. The monoisotopic (exact) mass is 666 g/mol. The highest BCUT2D eigenvalue weighted by Gasteiger charge is 2.08. The number of carbonyl (C=O) groups excluding carboxylic acids is 2. The highest BCUT2D eigenvalue weighted by molar-refractivity contribution is 6.17. The molecule has 10 nitrogen and oxygen atoms in total. The van der Waals surface area contributed by atoms with Crippen LogP contribution in [0.1, 0.15) is 43.2 Å². The smallest absolute Gasteiger partial charge is 0.337 e. The van der Waals surface area contributed by atoms with E-state index in [9.17, 15) is 9.59 Å². The molecule has 0 atom stereocenters. The number of fused-ring (bicyclic) bond motifs is 2. The quantitative estimate of drug-likeness (QED) is 0.128. The highest BCUT2D eigenvalue weighted by atomic mass is 35.5. The highest BCUT2D eigenvalue weighted by Crippen LogP contribution is 2.22. The Balaban J connectivity index is 0.000000177. The molecule has 0 radical (unpaired) electrons. The summed E-state index contributed by atoms with van der Waals surface area (Å²) >= 11 is 5.75. The number of aromatic nitrogens is 4. The van der Waals surface area contributed by atoms with Gasteiger partial charge in [0, 0.05) is 46.9 Å². The van der Waals surface area contributed by atoms with Gasteiger partial charge in [0.1, 0.15) is 11.5 Å². The first-order valence-corrected chi connectivity index (χ1v) is 15.3. The van der Waals surface area contributed by atoms with Gasteiger partial charge in [0.2, 0.25) is 0 Å². The summed E-state index contributed by atoms with van der Waals surface area (Å²) in [4.78, 5) is 39.4. The van der Waals surface area contributed by atoms with Crippen molar-refractivity contribution >= 4 is 45.3 Å². The number of rotatable bonds is 7. The van der Waals surface area contributed by atoms with Crippen LogP contribution in [-0.2, 0) is 21.8 Å². The van der Waals surface area contributed by atoms with Crippen LogP contribution in [0.15, 0.2) is 97.6 Å². The Hall–Kier alpha value is -5.61. The zero-order valence-corrected chi connectivity index (χ0v) is 28.0. The zero-order chi connectivity index (χ0) is 34.5. The number of pyridine rings is 4. The van der Waals surface area contributed by atoms with E-state index in [1.54, 1.807) is 63.3 Å². The van der Waals surface area contributed by atoms with Crippen molar-refractivity contribution in [2.45, 2.75) is 19.2 Å². The van der Waals surface area contributed by atoms with Gasteiger partial charge in [-0.2, -0.15) is 0 Å². The molecule has 11 heteroatoms. The van der Waals surface area contributed by atoms with Gasteiger partial charge in [0.15, 0.2) is 0 Å². The summed E-state index contributed by atoms with van der Waals surface area (Å²) in [7, 11) is 5.98. The van der Waals surface area contributed by atoms with Gasteiger partial charge in [-0.25, -0.2) is 9.59 Å². The predicted molar refractivity (Wildman–Crippen MR) is 185 cm³/mol. The minimum Gasteiger partial charge on any atom is -0.495 e. The molecule has 246 valence electrons. The van der Waals surface area contributed by atoms with E-state index < -0.39 is 0 Å². The predicted octanol–water partition coefficient (Wildman–Crippen LogP) is 7.17. The van der Waals surface area contributed by atoms with Crippen LogP contribution in [0.3, 0.4) is 0 Å². The molecular formula is C37H35ClN4O6. The van der Waals surface area contributed by atoms with Crippen LogP contribution in [0, 0.1) is 6.92 Å². The van der Waals surface area contributed by atoms with Crippen molar-refractivity contribution < 1.29 is 28.5 Å². The summed E-state index contributed by atoms with van der Waals surface area (Å²) < 4.78 is 19.6. The molecule has 0 saturated carbocycles. The summed E-state index contributed by atoms with van der Waals surface area (Å²) in [6, 6.07) is 22.6. The molecule has 0 saturated heterocycles. The number of methoxy groups -OCH3 is 4. The van der Waals surface area contributed by atoms with Gasteiger partial charge in [0.25, 0.3) is 0 Å². The van der Waals surface area contributed by atoms with Crippen LogP contribution in [0.5, 0.6) is 11.5 Å². The van der Waals surface area contributed by atoms with Gasteiger partial charge >= 0.3 is 11.9 Å². The Morgan fingerprint density at radius 1 is 0.625 bits per heavy atom. The van der Waals surface area contributed by atoms with Gasteiger partial charge in [-0.15, -0.1) is 11.6 Å². The fraction of sp³-hybridized carbons (Fsp3) is 0.189. The van der Waals surface area contributed by atoms with E-state index in [-0.39, 0.29) is 11.9 Å². The first-order valence-electron chi connectivity index (χ1n) is 14.7. The summed E-state index contributed by atoms with van der Waals surface area (Å²) in [5.41, 5.74) is 6.71. The van der Waals surface area contributed by atoms with Gasteiger partial charge in [-0.3, -0.25) is 19.9 Å². The molecule has 0 amide bonds. The second-order valence-corrected chi connectivity index (χ2v) is 10.6. The number of aryl methyl sites for hydroxylation is 1. The molecule has 0 aliphatic carbocycles. The molecule has 4 aromatic heterocycles. The lowest BCUT2D eigenvalue weighted by atomic mass is 10.1. The van der Waals surface area contributed by atoms with Crippen LogP contribution in [0.25, 0.3) is 21.8 Å². The maximum absolute atomic E-state index is 11.6. The maximum Gasteiger partial charge on any atom is 0.337 e. The van der Waals surface area contributed by atoms with Crippen molar-refractivity contribution in [1.29, 1.82) is 0 Å². The van der Waals surface area contributed by atoms with E-state index in [1.807, 2.05) is 49.4 Å². The average Bonchev–Trinajstić information content (AvgIpc) is 3.13. The third-order valence-corrected chi connectivity index (χ3v) is 7.32. The second-order valence-electron chi connectivity index (χ2n) is 10.3. The number of carbonyl (C=O) groups is 2. The fourth-order valence-electron chi connectivity index (χ4n) is 4.56. The number of nitrogens with zero attached hydrogens (tertiary/aromatic N) is 4. The largest absolute Gasteiger partial charge is 0.495 e. The van der Waals surface area contributed by atoms with Crippen molar-refractivity contribution in [2.24, 2.45) is 0 Å². The molecule has 0 aliphatic rings. The number of alkyl halides is 1. The van der Waals surface area contributed by atoms with E-state index in [2.05, 4.69) is 30.7 Å². The lowest BCUT2D eigenvalue weighted by molar-refractivity contribution is 0.0591. The van der Waals surface area contributed by atoms with Gasteiger partial charge < -0.3 is 18.9 Å². The second kappa shape index (κ2) is 17.3. The number of halogens is 1. The fourth-order valence-corrected chi connectivity index (χ4v) is 4.72. The minimum atomic E-state index is -0.360. The lowest BCUT2D eigenvalue weighted by Gasteiger charge is -2.06. The zero-order valence-electron chi connectivity index (χ0n) is 27.3. The average molecular weight is 667 g/mol. The Labute approximate surface area is 283 Å². The molecule has 2 aromatic carbocycles. The van der Waals surface area contributed by atoms with Crippen LogP contribution < -0.4 is 9.47 Å². The molecule has 0 fully saturated rings.